The number of halogens is 1. The van der Waals surface area contributed by atoms with Crippen molar-refractivity contribution in [3.8, 4) is 0 Å². The third kappa shape index (κ3) is 4.19. The number of hydrogen-bond donors (Lipinski definition) is 2. The van der Waals surface area contributed by atoms with Crippen LogP contribution in [0.15, 0.2) is 70.9 Å². The number of rotatable bonds is 5. The average molecular weight is 393 g/mol. The summed E-state index contributed by atoms with van der Waals surface area (Å²) in [5.41, 5.74) is 0.760. The maximum atomic E-state index is 12.5. The second-order valence-electron chi connectivity index (χ2n) is 5.05. The van der Waals surface area contributed by atoms with Gasteiger partial charge in [-0.1, -0.05) is 35.9 Å². The zero-order chi connectivity index (χ0) is 17.9. The van der Waals surface area contributed by atoms with Gasteiger partial charge in [-0.3, -0.25) is 9.52 Å². The van der Waals surface area contributed by atoms with Crippen LogP contribution in [0.2, 0.25) is 5.02 Å². The SMILES string of the molecule is O=C(Nc1cccc(Cl)c1)c1sccc1NS(=O)(=O)c1ccccc1. The molecule has 0 bridgehead atoms. The highest BCUT2D eigenvalue weighted by atomic mass is 35.5. The molecule has 1 aromatic heterocycles. The number of sulfonamides is 1. The van der Waals surface area contributed by atoms with Crippen LogP contribution in [0.3, 0.4) is 0 Å². The Morgan fingerprint density at radius 3 is 2.48 bits per heavy atom. The molecule has 2 aromatic carbocycles. The summed E-state index contributed by atoms with van der Waals surface area (Å²) in [7, 11) is -3.76. The lowest BCUT2D eigenvalue weighted by Gasteiger charge is -2.09. The minimum absolute atomic E-state index is 0.127. The molecule has 0 aliphatic heterocycles. The normalized spacial score (nSPS) is 11.1. The van der Waals surface area contributed by atoms with Crippen molar-refractivity contribution in [2.75, 3.05) is 10.0 Å². The van der Waals surface area contributed by atoms with Gasteiger partial charge in [-0.2, -0.15) is 0 Å². The standard InChI is InChI=1S/C17H13ClN2O3S2/c18-12-5-4-6-13(11-12)19-17(21)16-15(9-10-24-16)20-25(22,23)14-7-2-1-3-8-14/h1-11,20H,(H,19,21). The molecule has 3 rings (SSSR count). The maximum Gasteiger partial charge on any atom is 0.267 e. The first-order valence-electron chi connectivity index (χ1n) is 7.18. The van der Waals surface area contributed by atoms with Gasteiger partial charge in [0.2, 0.25) is 0 Å². The average Bonchev–Trinajstić information content (AvgIpc) is 3.03. The van der Waals surface area contributed by atoms with Crippen LogP contribution in [0.5, 0.6) is 0 Å². The summed E-state index contributed by atoms with van der Waals surface area (Å²) >= 11 is 7.04. The number of anilines is 2. The molecular formula is C17H13ClN2O3S2. The van der Waals surface area contributed by atoms with Gasteiger partial charge in [-0.15, -0.1) is 11.3 Å². The van der Waals surface area contributed by atoms with Crippen LogP contribution >= 0.6 is 22.9 Å². The minimum atomic E-state index is -3.76. The summed E-state index contributed by atoms with van der Waals surface area (Å²) in [6, 6.07) is 16.2. The summed E-state index contributed by atoms with van der Waals surface area (Å²) in [5, 5.41) is 4.85. The summed E-state index contributed by atoms with van der Waals surface area (Å²) in [6.45, 7) is 0. The Kier molecular flexibility index (Phi) is 5.08. The quantitative estimate of drug-likeness (QED) is 0.673. The summed E-state index contributed by atoms with van der Waals surface area (Å²) in [4.78, 5) is 12.8. The predicted molar refractivity (Wildman–Crippen MR) is 101 cm³/mol. The lowest BCUT2D eigenvalue weighted by atomic mass is 10.3. The Labute approximate surface area is 154 Å². The van der Waals surface area contributed by atoms with E-state index in [4.69, 9.17) is 11.6 Å². The molecule has 0 radical (unpaired) electrons. The van der Waals surface area contributed by atoms with Crippen molar-refractivity contribution in [1.82, 2.24) is 0 Å². The fourth-order valence-electron chi connectivity index (χ4n) is 2.12. The van der Waals surface area contributed by atoms with Gasteiger partial charge < -0.3 is 5.32 Å². The second kappa shape index (κ2) is 7.26. The molecule has 1 amide bonds. The van der Waals surface area contributed by atoms with Crippen LogP contribution in [0.1, 0.15) is 9.67 Å². The van der Waals surface area contributed by atoms with Gasteiger partial charge in [0.15, 0.2) is 0 Å². The molecule has 5 nitrogen and oxygen atoms in total. The monoisotopic (exact) mass is 392 g/mol. The van der Waals surface area contributed by atoms with E-state index < -0.39 is 15.9 Å². The largest absolute Gasteiger partial charge is 0.321 e. The lowest BCUT2D eigenvalue weighted by Crippen LogP contribution is -2.17. The van der Waals surface area contributed by atoms with Crippen LogP contribution in [-0.2, 0) is 10.0 Å². The highest BCUT2D eigenvalue weighted by Gasteiger charge is 2.20. The van der Waals surface area contributed by atoms with Crippen LogP contribution in [-0.4, -0.2) is 14.3 Å². The first-order chi connectivity index (χ1) is 12.0. The number of benzene rings is 2. The molecule has 0 aliphatic rings. The van der Waals surface area contributed by atoms with Gasteiger partial charge in [0.05, 0.1) is 10.6 Å². The van der Waals surface area contributed by atoms with E-state index in [0.717, 1.165) is 11.3 Å². The molecule has 0 unspecified atom stereocenters. The highest BCUT2D eigenvalue weighted by molar-refractivity contribution is 7.92. The Morgan fingerprint density at radius 2 is 1.76 bits per heavy atom. The Bertz CT molecular complexity index is 1000. The molecule has 1 heterocycles. The van der Waals surface area contributed by atoms with Crippen molar-refractivity contribution >= 4 is 50.2 Å². The van der Waals surface area contributed by atoms with Gasteiger partial charge in [-0.25, -0.2) is 8.42 Å². The van der Waals surface area contributed by atoms with Crippen molar-refractivity contribution in [3.63, 3.8) is 0 Å². The molecule has 2 N–H and O–H groups in total. The number of amides is 1. The van der Waals surface area contributed by atoms with E-state index in [9.17, 15) is 13.2 Å². The van der Waals surface area contributed by atoms with Crippen molar-refractivity contribution in [3.05, 3.63) is 75.9 Å². The fourth-order valence-corrected chi connectivity index (χ4v) is 4.22. The third-order valence-electron chi connectivity index (χ3n) is 3.25. The summed E-state index contributed by atoms with van der Waals surface area (Å²) in [5.74, 6) is -0.414. The first-order valence-corrected chi connectivity index (χ1v) is 9.92. The zero-order valence-electron chi connectivity index (χ0n) is 12.8. The van der Waals surface area contributed by atoms with E-state index in [0.29, 0.717) is 10.7 Å². The van der Waals surface area contributed by atoms with Crippen LogP contribution < -0.4 is 10.0 Å². The Balaban J connectivity index is 1.82. The first kappa shape index (κ1) is 17.5. The minimum Gasteiger partial charge on any atom is -0.321 e. The smallest absolute Gasteiger partial charge is 0.267 e. The van der Waals surface area contributed by atoms with Gasteiger partial charge in [0.1, 0.15) is 4.88 Å². The number of hydrogen-bond acceptors (Lipinski definition) is 4. The van der Waals surface area contributed by atoms with Gasteiger partial charge in [-0.05, 0) is 41.8 Å². The second-order valence-corrected chi connectivity index (χ2v) is 8.08. The highest BCUT2D eigenvalue weighted by Crippen LogP contribution is 2.26. The molecule has 0 spiro atoms. The molecule has 0 saturated carbocycles. The molecule has 3 aromatic rings. The molecule has 128 valence electrons. The van der Waals surface area contributed by atoms with Crippen molar-refractivity contribution in [2.45, 2.75) is 4.90 Å². The lowest BCUT2D eigenvalue weighted by molar-refractivity contribution is 0.103. The van der Waals surface area contributed by atoms with E-state index >= 15 is 0 Å². The van der Waals surface area contributed by atoms with Crippen molar-refractivity contribution < 1.29 is 13.2 Å². The van der Waals surface area contributed by atoms with E-state index in [1.807, 2.05) is 0 Å². The topological polar surface area (TPSA) is 75.3 Å². The molecule has 0 aliphatic carbocycles. The van der Waals surface area contributed by atoms with Gasteiger partial charge in [0.25, 0.3) is 15.9 Å². The van der Waals surface area contributed by atoms with Crippen molar-refractivity contribution in [1.29, 1.82) is 0 Å². The third-order valence-corrected chi connectivity index (χ3v) is 5.78. The number of carbonyl (C=O) groups is 1. The van der Waals surface area contributed by atoms with Gasteiger partial charge >= 0.3 is 0 Å². The number of carbonyl (C=O) groups excluding carboxylic acids is 1. The van der Waals surface area contributed by atoms with E-state index in [2.05, 4.69) is 10.0 Å². The van der Waals surface area contributed by atoms with E-state index in [-0.39, 0.29) is 15.5 Å². The Hall–Kier alpha value is -2.35. The molecule has 0 fully saturated rings. The van der Waals surface area contributed by atoms with E-state index in [1.54, 1.807) is 53.9 Å². The molecule has 25 heavy (non-hydrogen) atoms. The van der Waals surface area contributed by atoms with Crippen LogP contribution in [0.4, 0.5) is 11.4 Å². The van der Waals surface area contributed by atoms with E-state index in [1.165, 1.54) is 12.1 Å². The number of thiophene rings is 1. The van der Waals surface area contributed by atoms with Gasteiger partial charge in [0, 0.05) is 10.7 Å². The molecule has 0 saturated heterocycles. The van der Waals surface area contributed by atoms with Crippen molar-refractivity contribution in [2.24, 2.45) is 0 Å². The zero-order valence-corrected chi connectivity index (χ0v) is 15.2. The summed E-state index contributed by atoms with van der Waals surface area (Å²) in [6.07, 6.45) is 0. The fraction of sp³-hybridized carbons (Fsp3) is 0. The maximum absolute atomic E-state index is 12.5. The molecule has 0 atom stereocenters. The predicted octanol–water partition coefficient (Wildman–Crippen LogP) is 4.45. The Morgan fingerprint density at radius 1 is 1.00 bits per heavy atom. The van der Waals surface area contributed by atoms with Crippen LogP contribution in [0.25, 0.3) is 0 Å². The van der Waals surface area contributed by atoms with Crippen LogP contribution in [0, 0.1) is 0 Å². The molecular weight excluding hydrogens is 380 g/mol. The number of nitrogens with one attached hydrogen (secondary N) is 2. The molecule has 8 heteroatoms. The summed E-state index contributed by atoms with van der Waals surface area (Å²) < 4.78 is 27.3.